The van der Waals surface area contributed by atoms with Crippen molar-refractivity contribution in [1.29, 1.82) is 0 Å². The monoisotopic (exact) mass is 580 g/mol. The number of anilines is 2. The largest absolute Gasteiger partial charge is 0.338 e. The first kappa shape index (κ1) is 27.3. The molecule has 43 heavy (non-hydrogen) atoms. The van der Waals surface area contributed by atoms with Gasteiger partial charge in [0.05, 0.1) is 17.8 Å². The van der Waals surface area contributed by atoms with Crippen LogP contribution >= 0.6 is 0 Å². The molecule has 3 aromatic rings. The third-order valence-corrected chi connectivity index (χ3v) is 9.53. The second-order valence-corrected chi connectivity index (χ2v) is 12.1. The van der Waals surface area contributed by atoms with Gasteiger partial charge in [-0.25, -0.2) is 4.99 Å². The first-order valence-electron chi connectivity index (χ1n) is 14.9. The number of carbonyl (C=O) groups is 2. The van der Waals surface area contributed by atoms with Crippen LogP contribution in [0, 0.1) is 0 Å². The number of hydrogen-bond acceptors (Lipinski definition) is 7. The van der Waals surface area contributed by atoms with Crippen molar-refractivity contribution in [3.8, 4) is 0 Å². The molecule has 0 spiro atoms. The highest BCUT2D eigenvalue weighted by Gasteiger charge is 2.43. The fourth-order valence-electron chi connectivity index (χ4n) is 7.52. The molecule has 11 heteroatoms. The summed E-state index contributed by atoms with van der Waals surface area (Å²) in [4.78, 5) is 47.8. The molecule has 4 aliphatic rings. The molecule has 5 heterocycles. The maximum Gasteiger partial charge on any atom is 0.276 e. The number of aldehydes is 1. The van der Waals surface area contributed by atoms with Gasteiger partial charge in [0.15, 0.2) is 12.1 Å². The predicted molar refractivity (Wildman–Crippen MR) is 165 cm³/mol. The number of nitrogens with zero attached hydrogens (tertiary/aromatic N) is 7. The van der Waals surface area contributed by atoms with E-state index in [2.05, 4.69) is 44.7 Å². The van der Waals surface area contributed by atoms with E-state index in [9.17, 15) is 14.4 Å². The fraction of sp³-hybridized carbons (Fsp3) is 0.406. The van der Waals surface area contributed by atoms with Crippen LogP contribution in [0.5, 0.6) is 0 Å². The van der Waals surface area contributed by atoms with Crippen LogP contribution in [0.15, 0.2) is 51.7 Å². The third-order valence-electron chi connectivity index (χ3n) is 9.53. The zero-order valence-corrected chi connectivity index (χ0v) is 24.8. The number of amides is 1. The van der Waals surface area contributed by atoms with E-state index >= 15 is 0 Å². The maximum atomic E-state index is 13.9. The van der Waals surface area contributed by atoms with Gasteiger partial charge < -0.3 is 14.5 Å². The fourth-order valence-corrected chi connectivity index (χ4v) is 7.52. The SMILES string of the molecule is C=N/C(=C(C=O)\C(=C/C)c1cc(Nc2cc3n(n2)CCN(C)C3)c(=O)n(C)c1)N1CCn2c(cc3c2[C@H]2CC[C@@H]3C2)C1=O. The van der Waals surface area contributed by atoms with Crippen LogP contribution < -0.4 is 10.9 Å². The number of hydrogen-bond donors (Lipinski definition) is 1. The lowest BCUT2D eigenvalue weighted by molar-refractivity contribution is -0.104. The van der Waals surface area contributed by atoms with Gasteiger partial charge >= 0.3 is 0 Å². The summed E-state index contributed by atoms with van der Waals surface area (Å²) in [5.74, 6) is 1.73. The number of aromatic nitrogens is 4. The Morgan fingerprint density at radius 2 is 1.91 bits per heavy atom. The topological polar surface area (TPSA) is 110 Å². The number of aryl methyl sites for hydroxylation is 1. The smallest absolute Gasteiger partial charge is 0.276 e. The van der Waals surface area contributed by atoms with E-state index in [0.717, 1.165) is 31.6 Å². The van der Waals surface area contributed by atoms with Crippen molar-refractivity contribution in [1.82, 2.24) is 28.7 Å². The summed E-state index contributed by atoms with van der Waals surface area (Å²) < 4.78 is 5.62. The van der Waals surface area contributed by atoms with Gasteiger partial charge in [0, 0.05) is 62.7 Å². The second kappa shape index (κ2) is 10.3. The van der Waals surface area contributed by atoms with Gasteiger partial charge in [0.25, 0.3) is 11.5 Å². The van der Waals surface area contributed by atoms with Gasteiger partial charge in [0.2, 0.25) is 0 Å². The van der Waals surface area contributed by atoms with E-state index in [-0.39, 0.29) is 22.9 Å². The summed E-state index contributed by atoms with van der Waals surface area (Å²) >= 11 is 0. The average molecular weight is 581 g/mol. The van der Waals surface area contributed by atoms with Crippen molar-refractivity contribution in [2.24, 2.45) is 12.0 Å². The minimum Gasteiger partial charge on any atom is -0.338 e. The van der Waals surface area contributed by atoms with Crippen LogP contribution in [0.1, 0.15) is 71.0 Å². The van der Waals surface area contributed by atoms with E-state index in [4.69, 9.17) is 0 Å². The first-order chi connectivity index (χ1) is 20.8. The van der Waals surface area contributed by atoms with E-state index in [0.29, 0.717) is 53.3 Å². The molecule has 2 atom stereocenters. The molecule has 3 aromatic heterocycles. The normalized spacial score (nSPS) is 21.8. The summed E-state index contributed by atoms with van der Waals surface area (Å²) in [6.07, 6.45) is 7.78. The molecule has 1 saturated carbocycles. The van der Waals surface area contributed by atoms with Gasteiger partial charge in [-0.05, 0) is 69.1 Å². The summed E-state index contributed by atoms with van der Waals surface area (Å²) in [5, 5.41) is 7.84. The van der Waals surface area contributed by atoms with Crippen molar-refractivity contribution < 1.29 is 9.59 Å². The van der Waals surface area contributed by atoms with E-state index < -0.39 is 0 Å². The Bertz CT molecular complexity index is 1800. The highest BCUT2D eigenvalue weighted by atomic mass is 16.2. The molecule has 222 valence electrons. The molecule has 0 radical (unpaired) electrons. The molecule has 0 saturated heterocycles. The van der Waals surface area contributed by atoms with Crippen molar-refractivity contribution in [3.05, 3.63) is 80.4 Å². The number of allylic oxidation sites excluding steroid dienone is 3. The molecule has 11 nitrogen and oxygen atoms in total. The van der Waals surface area contributed by atoms with Crippen LogP contribution in [0.2, 0.25) is 0 Å². The average Bonchev–Trinajstić information content (AvgIpc) is 3.78. The Hall–Kier alpha value is -4.51. The van der Waals surface area contributed by atoms with E-state index in [1.54, 1.807) is 30.3 Å². The molecule has 2 bridgehead atoms. The van der Waals surface area contributed by atoms with Gasteiger partial charge in [-0.15, -0.1) is 0 Å². The van der Waals surface area contributed by atoms with Crippen molar-refractivity contribution >= 4 is 36.0 Å². The minimum atomic E-state index is -0.227. The number of likely N-dealkylation sites (N-methyl/N-ethyl adjacent to an activating group) is 1. The van der Waals surface area contributed by atoms with E-state index in [1.165, 1.54) is 35.1 Å². The second-order valence-electron chi connectivity index (χ2n) is 12.1. The highest BCUT2D eigenvalue weighted by Crippen LogP contribution is 2.54. The molecule has 1 amide bonds. The Morgan fingerprint density at radius 1 is 1.09 bits per heavy atom. The van der Waals surface area contributed by atoms with Crippen LogP contribution in [0.25, 0.3) is 5.57 Å². The number of pyridine rings is 1. The van der Waals surface area contributed by atoms with Crippen LogP contribution in [0.4, 0.5) is 11.5 Å². The number of rotatable bonds is 7. The number of nitrogens with one attached hydrogen (secondary N) is 1. The maximum absolute atomic E-state index is 13.9. The lowest BCUT2D eigenvalue weighted by Crippen LogP contribution is -2.40. The number of aliphatic imine (C=N–C) groups is 1. The van der Waals surface area contributed by atoms with Crippen LogP contribution in [-0.2, 0) is 31.5 Å². The third kappa shape index (κ3) is 4.32. The zero-order valence-electron chi connectivity index (χ0n) is 24.8. The van der Waals surface area contributed by atoms with Crippen molar-refractivity contribution in [2.75, 3.05) is 25.5 Å². The Balaban J connectivity index is 1.23. The van der Waals surface area contributed by atoms with Gasteiger partial charge in [-0.1, -0.05) is 6.08 Å². The summed E-state index contributed by atoms with van der Waals surface area (Å²) in [6.45, 7) is 9.09. The Kier molecular flexibility index (Phi) is 6.57. The molecular formula is C32H36N8O3. The molecule has 2 aliphatic heterocycles. The summed E-state index contributed by atoms with van der Waals surface area (Å²) in [5.41, 5.74) is 5.90. The van der Waals surface area contributed by atoms with Gasteiger partial charge in [-0.3, -0.25) is 28.9 Å². The number of fused-ring (bicyclic) bond motifs is 8. The highest BCUT2D eigenvalue weighted by molar-refractivity contribution is 6.02. The van der Waals surface area contributed by atoms with Crippen molar-refractivity contribution in [2.45, 2.75) is 57.7 Å². The summed E-state index contributed by atoms with van der Waals surface area (Å²) in [7, 11) is 3.74. The molecule has 2 aliphatic carbocycles. The van der Waals surface area contributed by atoms with Gasteiger partial charge in [0.1, 0.15) is 17.2 Å². The van der Waals surface area contributed by atoms with Crippen molar-refractivity contribution in [3.63, 3.8) is 0 Å². The molecule has 1 fully saturated rings. The quantitative estimate of drug-likeness (QED) is 0.198. The van der Waals surface area contributed by atoms with Crippen LogP contribution in [-0.4, -0.2) is 67.8 Å². The Morgan fingerprint density at radius 3 is 2.67 bits per heavy atom. The van der Waals surface area contributed by atoms with E-state index in [1.807, 2.05) is 17.7 Å². The predicted octanol–water partition coefficient (Wildman–Crippen LogP) is 3.61. The number of carbonyl (C=O) groups excluding carboxylic acids is 2. The van der Waals surface area contributed by atoms with Crippen LogP contribution in [0.3, 0.4) is 0 Å². The van der Waals surface area contributed by atoms with Gasteiger partial charge in [-0.2, -0.15) is 5.10 Å². The summed E-state index contributed by atoms with van der Waals surface area (Å²) in [6, 6.07) is 5.73. The molecule has 1 N–H and O–H groups in total. The lowest BCUT2D eigenvalue weighted by atomic mass is 9.98. The minimum absolute atomic E-state index is 0.172. The molecule has 0 aromatic carbocycles. The lowest BCUT2D eigenvalue weighted by Gasteiger charge is -2.31. The first-order valence-corrected chi connectivity index (χ1v) is 14.9. The molecular weight excluding hydrogens is 544 g/mol. The standard InChI is InChI=1S/C32H36N8O3/c1-5-23(21-13-26(31(42)37(4)16-21)34-28-14-22-17-36(3)8-11-40(22)35-28)25(18-41)30(33-2)39-10-9-38-27(32(39)43)15-24-19-6-7-20(12-19)29(24)38/h5,13-16,18-20H,2,6-12,17H2,1,3-4H3,(H,34,35)/b23-5-,30-25+/t19-,20+/m1/s1. The molecule has 0 unspecified atom stereocenters. The zero-order chi connectivity index (χ0) is 30.0. The molecule has 7 rings (SSSR count). The Labute approximate surface area is 249 Å².